The molecule has 2 N–H and O–H groups in total. The number of carbonyl (C=O) groups excluding carboxylic acids is 1. The number of aromatic nitrogens is 2. The fourth-order valence-electron chi connectivity index (χ4n) is 3.43. The quantitative estimate of drug-likeness (QED) is 0.768. The van der Waals surface area contributed by atoms with Gasteiger partial charge in [0, 0.05) is 43.8 Å². The monoisotopic (exact) mass is 387 g/mol. The van der Waals surface area contributed by atoms with Crippen LogP contribution in [0, 0.1) is 6.92 Å². The second-order valence-corrected chi connectivity index (χ2v) is 7.47. The molecule has 152 valence electrons. The zero-order valence-corrected chi connectivity index (χ0v) is 16.9. The van der Waals surface area contributed by atoms with E-state index < -0.39 is 0 Å². The Morgan fingerprint density at radius 3 is 2.86 bits per heavy atom. The highest BCUT2D eigenvalue weighted by Gasteiger charge is 2.34. The summed E-state index contributed by atoms with van der Waals surface area (Å²) < 4.78 is 8.14. The third-order valence-electron chi connectivity index (χ3n) is 4.66. The summed E-state index contributed by atoms with van der Waals surface area (Å²) in [4.78, 5) is 25.2. The van der Waals surface area contributed by atoms with Gasteiger partial charge >= 0.3 is 0 Å². The summed E-state index contributed by atoms with van der Waals surface area (Å²) in [6.07, 6.45) is 5.80. The van der Waals surface area contributed by atoms with Crippen LogP contribution in [0.15, 0.2) is 30.6 Å². The summed E-state index contributed by atoms with van der Waals surface area (Å²) in [6.45, 7) is 8.66. The molecule has 0 saturated heterocycles. The summed E-state index contributed by atoms with van der Waals surface area (Å²) in [6, 6.07) is 6.17. The van der Waals surface area contributed by atoms with Crippen molar-refractivity contribution in [2.75, 3.05) is 0 Å². The van der Waals surface area contributed by atoms with Crippen LogP contribution in [0.5, 0.6) is 5.75 Å². The molecule has 1 atom stereocenters. The average Bonchev–Trinajstić information content (AvgIpc) is 3.07. The summed E-state index contributed by atoms with van der Waals surface area (Å²) in [7, 11) is 0. The molecule has 1 amide bonds. The van der Waals surface area contributed by atoms with E-state index in [1.807, 2.05) is 10.8 Å². The van der Waals surface area contributed by atoms with Crippen molar-refractivity contribution in [3.05, 3.63) is 47.5 Å². The molecule has 0 aliphatic carbocycles. The van der Waals surface area contributed by atoms with Gasteiger partial charge in [0.2, 0.25) is 5.91 Å². The maximum atomic E-state index is 12.5. The van der Waals surface area contributed by atoms with Crippen LogP contribution in [0.2, 0.25) is 0 Å². The second-order valence-electron chi connectivity index (χ2n) is 7.47. The number of rotatable bonds is 5. The Labute approximate surface area is 165 Å². The van der Waals surface area contributed by atoms with Crippen LogP contribution in [0.3, 0.4) is 0 Å². The number of imidazole rings is 1. The maximum Gasteiger partial charge on any atom is 0.290 e. The number of nitrogens with one attached hydrogen (secondary N) is 1. The van der Waals surface area contributed by atoms with Crippen molar-refractivity contribution in [3.63, 3.8) is 0 Å². The minimum Gasteiger partial charge on any atom is -0.487 e. The Hall–Kier alpha value is -2.83. The van der Waals surface area contributed by atoms with Crippen molar-refractivity contribution in [3.8, 4) is 5.75 Å². The van der Waals surface area contributed by atoms with Gasteiger partial charge in [-0.2, -0.15) is 0 Å². The SMILES string of the molecule is CCc1nccn1CCC(=O)NC1CC(C)(C)Oc2cc(C)ccc21.O=CO. The lowest BCUT2D eigenvalue weighted by Gasteiger charge is -2.38. The van der Waals surface area contributed by atoms with Gasteiger partial charge in [-0.25, -0.2) is 4.98 Å². The molecule has 2 aromatic rings. The van der Waals surface area contributed by atoms with Gasteiger partial charge in [-0.3, -0.25) is 9.59 Å². The first-order valence-corrected chi connectivity index (χ1v) is 9.46. The minimum atomic E-state index is -0.293. The first-order valence-electron chi connectivity index (χ1n) is 9.46. The van der Waals surface area contributed by atoms with Crippen LogP contribution >= 0.6 is 0 Å². The summed E-state index contributed by atoms with van der Waals surface area (Å²) >= 11 is 0. The Kier molecular flexibility index (Phi) is 7.20. The van der Waals surface area contributed by atoms with Crippen molar-refractivity contribution in [1.29, 1.82) is 0 Å². The van der Waals surface area contributed by atoms with E-state index in [1.165, 1.54) is 0 Å². The standard InChI is InChI=1S/C20H27N3O2.CH2O2/c1-5-18-21-9-11-23(18)10-8-19(24)22-16-13-20(3,4)25-17-12-14(2)6-7-15(16)17;2-1-3/h6-7,9,11-12,16H,5,8,10,13H2,1-4H3,(H,22,24);1H,(H,2,3). The fourth-order valence-corrected chi connectivity index (χ4v) is 3.43. The molecular weight excluding hydrogens is 358 g/mol. The van der Waals surface area contributed by atoms with E-state index in [0.29, 0.717) is 13.0 Å². The molecule has 1 aromatic heterocycles. The number of aryl methyl sites for hydroxylation is 3. The topological polar surface area (TPSA) is 93.5 Å². The predicted octanol–water partition coefficient (Wildman–Crippen LogP) is 3.26. The number of hydrogen-bond acceptors (Lipinski definition) is 4. The Bertz CT molecular complexity index is 814. The van der Waals surface area contributed by atoms with Crippen LogP contribution in [-0.4, -0.2) is 32.6 Å². The molecule has 1 unspecified atom stereocenters. The molecule has 1 aliphatic heterocycles. The Balaban J connectivity index is 0.000000878. The average molecular weight is 387 g/mol. The van der Waals surface area contributed by atoms with Gasteiger partial charge < -0.3 is 19.7 Å². The van der Waals surface area contributed by atoms with Gasteiger partial charge in [-0.05, 0) is 32.4 Å². The molecule has 0 radical (unpaired) electrons. The number of amides is 1. The molecule has 28 heavy (non-hydrogen) atoms. The highest BCUT2D eigenvalue weighted by Crippen LogP contribution is 2.39. The van der Waals surface area contributed by atoms with Crippen molar-refractivity contribution in [2.24, 2.45) is 0 Å². The number of ether oxygens (including phenoxy) is 1. The van der Waals surface area contributed by atoms with Crippen LogP contribution in [-0.2, 0) is 22.6 Å². The molecule has 1 aliphatic rings. The summed E-state index contributed by atoms with van der Waals surface area (Å²) in [5.41, 5.74) is 1.93. The zero-order valence-electron chi connectivity index (χ0n) is 16.9. The van der Waals surface area contributed by atoms with Crippen LogP contribution in [0.25, 0.3) is 0 Å². The molecule has 0 saturated carbocycles. The molecule has 7 nitrogen and oxygen atoms in total. The van der Waals surface area contributed by atoms with Crippen LogP contribution < -0.4 is 10.1 Å². The van der Waals surface area contributed by atoms with Gasteiger partial charge in [0.15, 0.2) is 0 Å². The van der Waals surface area contributed by atoms with Crippen molar-refractivity contribution >= 4 is 12.4 Å². The zero-order chi connectivity index (χ0) is 20.7. The van der Waals surface area contributed by atoms with Gasteiger partial charge in [0.05, 0.1) is 6.04 Å². The number of carbonyl (C=O) groups is 2. The van der Waals surface area contributed by atoms with E-state index >= 15 is 0 Å². The van der Waals surface area contributed by atoms with Crippen LogP contribution in [0.1, 0.15) is 56.6 Å². The highest BCUT2D eigenvalue weighted by atomic mass is 16.5. The van der Waals surface area contributed by atoms with E-state index in [1.54, 1.807) is 6.20 Å². The number of carboxylic acid groups (broad SMARTS) is 1. The predicted molar refractivity (Wildman–Crippen MR) is 106 cm³/mol. The van der Waals surface area contributed by atoms with Crippen molar-refractivity contribution < 1.29 is 19.4 Å². The molecule has 7 heteroatoms. The fraction of sp³-hybridized carbons (Fsp3) is 0.476. The van der Waals surface area contributed by atoms with Crippen molar-refractivity contribution in [2.45, 2.75) is 65.1 Å². The summed E-state index contributed by atoms with van der Waals surface area (Å²) in [5.74, 6) is 1.95. The number of hydrogen-bond donors (Lipinski definition) is 2. The lowest BCUT2D eigenvalue weighted by molar-refractivity contribution is -0.123. The molecule has 0 bridgehead atoms. The lowest BCUT2D eigenvalue weighted by Crippen LogP contribution is -2.41. The normalized spacial score (nSPS) is 16.8. The van der Waals surface area contributed by atoms with Gasteiger partial charge in [-0.1, -0.05) is 19.1 Å². The van der Waals surface area contributed by atoms with Crippen LogP contribution in [0.4, 0.5) is 0 Å². The van der Waals surface area contributed by atoms with E-state index in [4.69, 9.17) is 14.6 Å². The molecular formula is C21H29N3O4. The second kappa shape index (κ2) is 9.39. The number of nitrogens with zero attached hydrogens (tertiary/aromatic N) is 2. The third kappa shape index (κ3) is 5.58. The molecule has 2 heterocycles. The highest BCUT2D eigenvalue weighted by molar-refractivity contribution is 5.76. The molecule has 3 rings (SSSR count). The number of benzene rings is 1. The summed E-state index contributed by atoms with van der Waals surface area (Å²) in [5, 5.41) is 10.1. The van der Waals surface area contributed by atoms with E-state index in [0.717, 1.165) is 35.5 Å². The van der Waals surface area contributed by atoms with Gasteiger partial charge in [0.1, 0.15) is 17.2 Å². The Morgan fingerprint density at radius 1 is 1.46 bits per heavy atom. The van der Waals surface area contributed by atoms with E-state index in [-0.39, 0.29) is 24.0 Å². The van der Waals surface area contributed by atoms with Gasteiger partial charge in [0.25, 0.3) is 6.47 Å². The number of fused-ring (bicyclic) bond motifs is 1. The Morgan fingerprint density at radius 2 is 2.18 bits per heavy atom. The third-order valence-corrected chi connectivity index (χ3v) is 4.66. The van der Waals surface area contributed by atoms with Crippen molar-refractivity contribution in [1.82, 2.24) is 14.9 Å². The largest absolute Gasteiger partial charge is 0.487 e. The smallest absolute Gasteiger partial charge is 0.290 e. The minimum absolute atomic E-state index is 0.0136. The lowest BCUT2D eigenvalue weighted by atomic mass is 9.89. The van der Waals surface area contributed by atoms with Gasteiger partial charge in [-0.15, -0.1) is 0 Å². The maximum absolute atomic E-state index is 12.5. The first kappa shape index (κ1) is 21.5. The molecule has 1 aromatic carbocycles. The first-order chi connectivity index (χ1) is 13.3. The molecule has 0 spiro atoms. The van der Waals surface area contributed by atoms with E-state index in [2.05, 4.69) is 56.2 Å². The molecule has 0 fully saturated rings. The van der Waals surface area contributed by atoms with E-state index in [9.17, 15) is 4.79 Å².